The van der Waals surface area contributed by atoms with E-state index in [4.69, 9.17) is 0 Å². The average molecular weight is 361 g/mol. The van der Waals surface area contributed by atoms with Gasteiger partial charge in [0.05, 0.1) is 0 Å². The molecule has 142 valence electrons. The lowest BCUT2D eigenvalue weighted by Gasteiger charge is -2.03. The zero-order valence-corrected chi connectivity index (χ0v) is 16.5. The highest BCUT2D eigenvalue weighted by atomic mass is 16.3. The summed E-state index contributed by atoms with van der Waals surface area (Å²) in [5, 5.41) is 9.55. The topological polar surface area (TPSA) is 20.2 Å². The van der Waals surface area contributed by atoms with E-state index >= 15 is 0 Å². The van der Waals surface area contributed by atoms with Crippen LogP contribution in [0.15, 0.2) is 84.9 Å². The summed E-state index contributed by atoms with van der Waals surface area (Å²) in [6.07, 6.45) is 8.85. The maximum absolute atomic E-state index is 9.55. The Labute approximate surface area is 164 Å². The molecule has 27 heavy (non-hydrogen) atoms. The Morgan fingerprint density at radius 3 is 1.59 bits per heavy atom. The smallest absolute Gasteiger partial charge is 0.118 e. The first-order valence-corrected chi connectivity index (χ1v) is 10.2. The van der Waals surface area contributed by atoms with E-state index in [0.717, 1.165) is 12.0 Å². The van der Waals surface area contributed by atoms with Crippen LogP contribution in [0, 0.1) is 0 Å². The zero-order valence-electron chi connectivity index (χ0n) is 16.5. The normalized spacial score (nSPS) is 10.1. The van der Waals surface area contributed by atoms with E-state index in [2.05, 4.69) is 55.5 Å². The lowest BCUT2D eigenvalue weighted by Crippen LogP contribution is -1.86. The molecular formula is C26H32O. The molecule has 0 atom stereocenters. The van der Waals surface area contributed by atoms with Gasteiger partial charge in [-0.1, -0.05) is 118 Å². The van der Waals surface area contributed by atoms with Gasteiger partial charge in [0.25, 0.3) is 0 Å². The number of aryl methyl sites for hydroxylation is 1. The minimum atomic E-state index is 0.450. The van der Waals surface area contributed by atoms with Gasteiger partial charge in [-0.25, -0.2) is 0 Å². The van der Waals surface area contributed by atoms with Crippen LogP contribution in [0.4, 0.5) is 0 Å². The van der Waals surface area contributed by atoms with E-state index in [1.165, 1.54) is 49.7 Å². The van der Waals surface area contributed by atoms with Gasteiger partial charge in [0, 0.05) is 0 Å². The maximum atomic E-state index is 9.55. The van der Waals surface area contributed by atoms with Crippen molar-refractivity contribution in [1.29, 1.82) is 0 Å². The highest BCUT2D eigenvalue weighted by Crippen LogP contribution is 2.19. The molecule has 0 unspecified atom stereocenters. The van der Waals surface area contributed by atoms with Crippen molar-refractivity contribution in [3.05, 3.63) is 90.5 Å². The molecule has 0 saturated heterocycles. The number of benzene rings is 3. The molecule has 0 aliphatic carbocycles. The van der Waals surface area contributed by atoms with Crippen LogP contribution in [-0.4, -0.2) is 5.11 Å². The first-order chi connectivity index (χ1) is 13.3. The van der Waals surface area contributed by atoms with Crippen molar-refractivity contribution in [3.63, 3.8) is 0 Å². The lowest BCUT2D eigenvalue weighted by molar-refractivity contribution is 0.466. The van der Waals surface area contributed by atoms with Gasteiger partial charge in [-0.05, 0) is 35.6 Å². The molecule has 0 amide bonds. The third kappa shape index (κ3) is 8.13. The van der Waals surface area contributed by atoms with E-state index < -0.39 is 0 Å². The summed E-state index contributed by atoms with van der Waals surface area (Å²) in [5.74, 6) is 0.450. The van der Waals surface area contributed by atoms with E-state index in [1.807, 2.05) is 30.3 Å². The Kier molecular flexibility index (Phi) is 9.81. The molecule has 0 saturated carbocycles. The molecular weight excluding hydrogens is 328 g/mol. The van der Waals surface area contributed by atoms with Crippen molar-refractivity contribution in [2.24, 2.45) is 0 Å². The number of hydrogen-bond acceptors (Lipinski definition) is 1. The number of para-hydroxylation sites is 1. The molecule has 1 nitrogen and oxygen atoms in total. The second-order valence-electron chi connectivity index (χ2n) is 6.88. The van der Waals surface area contributed by atoms with Crippen LogP contribution < -0.4 is 0 Å². The quantitative estimate of drug-likeness (QED) is 0.409. The van der Waals surface area contributed by atoms with Gasteiger partial charge in [-0.2, -0.15) is 0 Å². The Balaban J connectivity index is 0.000000198. The summed E-state index contributed by atoms with van der Waals surface area (Å²) in [6.45, 7) is 2.24. The number of phenols is 1. The number of phenolic OH excluding ortho intramolecular Hbond substituents is 1. The first-order valence-electron chi connectivity index (χ1n) is 10.2. The Morgan fingerprint density at radius 2 is 1.04 bits per heavy atom. The van der Waals surface area contributed by atoms with Crippen LogP contribution in [0.2, 0.25) is 0 Å². The van der Waals surface area contributed by atoms with E-state index in [-0.39, 0.29) is 0 Å². The second kappa shape index (κ2) is 12.8. The zero-order chi connectivity index (χ0) is 19.2. The molecule has 0 heterocycles. The van der Waals surface area contributed by atoms with Crippen LogP contribution in [0.1, 0.15) is 51.0 Å². The van der Waals surface area contributed by atoms with E-state index in [9.17, 15) is 5.11 Å². The van der Waals surface area contributed by atoms with E-state index in [1.54, 1.807) is 6.07 Å². The largest absolute Gasteiger partial charge is 0.508 e. The highest BCUT2D eigenvalue weighted by Gasteiger charge is 1.98. The third-order valence-corrected chi connectivity index (χ3v) is 4.67. The van der Waals surface area contributed by atoms with Crippen molar-refractivity contribution in [3.8, 4) is 16.9 Å². The number of rotatable bonds is 8. The summed E-state index contributed by atoms with van der Waals surface area (Å²) in [6, 6.07) is 28.4. The molecule has 0 spiro atoms. The Morgan fingerprint density at radius 1 is 0.556 bits per heavy atom. The molecule has 3 rings (SSSR count). The van der Waals surface area contributed by atoms with Crippen molar-refractivity contribution in [2.75, 3.05) is 0 Å². The fourth-order valence-electron chi connectivity index (χ4n) is 3.08. The monoisotopic (exact) mass is 360 g/mol. The van der Waals surface area contributed by atoms with Crippen molar-refractivity contribution < 1.29 is 5.11 Å². The van der Waals surface area contributed by atoms with Crippen LogP contribution in [-0.2, 0) is 6.42 Å². The van der Waals surface area contributed by atoms with Gasteiger partial charge in [-0.3, -0.25) is 0 Å². The number of hydrogen-bond donors (Lipinski definition) is 1. The minimum Gasteiger partial charge on any atom is -0.508 e. The first kappa shape index (κ1) is 20.8. The lowest BCUT2D eigenvalue weighted by atomic mass is 10.0. The molecule has 1 heteroatoms. The van der Waals surface area contributed by atoms with Crippen molar-refractivity contribution >= 4 is 0 Å². The van der Waals surface area contributed by atoms with E-state index in [0.29, 0.717) is 5.75 Å². The molecule has 0 radical (unpaired) electrons. The third-order valence-electron chi connectivity index (χ3n) is 4.67. The van der Waals surface area contributed by atoms with Gasteiger partial charge in [0.2, 0.25) is 0 Å². The Hall–Kier alpha value is -2.54. The summed E-state index contributed by atoms with van der Waals surface area (Å²) < 4.78 is 0. The summed E-state index contributed by atoms with van der Waals surface area (Å²) in [7, 11) is 0. The molecule has 0 aliphatic rings. The molecule has 0 aliphatic heterocycles. The van der Waals surface area contributed by atoms with Gasteiger partial charge < -0.3 is 5.11 Å². The highest BCUT2D eigenvalue weighted by molar-refractivity contribution is 5.62. The van der Waals surface area contributed by atoms with Crippen LogP contribution >= 0.6 is 0 Å². The molecule has 0 fully saturated rings. The van der Waals surface area contributed by atoms with Crippen LogP contribution in [0.25, 0.3) is 11.1 Å². The molecule has 1 N–H and O–H groups in total. The minimum absolute atomic E-state index is 0.450. The van der Waals surface area contributed by atoms with Gasteiger partial charge in [0.1, 0.15) is 5.75 Å². The van der Waals surface area contributed by atoms with Gasteiger partial charge in [-0.15, -0.1) is 0 Å². The van der Waals surface area contributed by atoms with Crippen LogP contribution in [0.3, 0.4) is 0 Å². The molecule has 3 aromatic carbocycles. The standard InChI is InChI=1S/C14H22O.C12H10/c1-2-3-4-5-6-7-10-13-11-8-9-12-14(13)15;1-3-7-11(8-4-1)12-9-5-2-6-10-12/h8-9,11-12,15H,2-7,10H2,1H3;1-10H. The summed E-state index contributed by atoms with van der Waals surface area (Å²) >= 11 is 0. The molecule has 0 bridgehead atoms. The van der Waals surface area contributed by atoms with Crippen LogP contribution in [0.5, 0.6) is 5.75 Å². The summed E-state index contributed by atoms with van der Waals surface area (Å²) in [4.78, 5) is 0. The summed E-state index contributed by atoms with van der Waals surface area (Å²) in [5.41, 5.74) is 3.64. The molecule has 3 aromatic rings. The fourth-order valence-corrected chi connectivity index (χ4v) is 3.08. The van der Waals surface area contributed by atoms with Gasteiger partial charge >= 0.3 is 0 Å². The predicted octanol–water partition coefficient (Wildman–Crippen LogP) is 7.65. The van der Waals surface area contributed by atoms with Gasteiger partial charge in [0.15, 0.2) is 0 Å². The number of aromatic hydroxyl groups is 1. The van der Waals surface area contributed by atoms with Crippen molar-refractivity contribution in [2.45, 2.75) is 51.9 Å². The SMILES string of the molecule is CCCCCCCCc1ccccc1O.c1ccc(-c2ccccc2)cc1. The Bertz CT molecular complexity index is 697. The maximum Gasteiger partial charge on any atom is 0.118 e. The molecule has 0 aromatic heterocycles. The predicted molar refractivity (Wildman–Crippen MR) is 117 cm³/mol. The number of unbranched alkanes of at least 4 members (excludes halogenated alkanes) is 5. The average Bonchev–Trinajstić information content (AvgIpc) is 2.74. The second-order valence-corrected chi connectivity index (χ2v) is 6.88. The van der Waals surface area contributed by atoms with Crippen molar-refractivity contribution in [1.82, 2.24) is 0 Å². The fraction of sp³-hybridized carbons (Fsp3) is 0.308.